The van der Waals surface area contributed by atoms with Crippen LogP contribution in [-0.2, 0) is 4.74 Å². The van der Waals surface area contributed by atoms with Crippen molar-refractivity contribution >= 4 is 0 Å². The lowest BCUT2D eigenvalue weighted by Gasteiger charge is -2.37. The van der Waals surface area contributed by atoms with Crippen molar-refractivity contribution in [2.75, 3.05) is 19.7 Å². The van der Waals surface area contributed by atoms with Gasteiger partial charge in [-0.3, -0.25) is 4.90 Å². The maximum Gasteiger partial charge on any atom is 0.0730 e. The Hall–Kier alpha value is -0.120. The van der Waals surface area contributed by atoms with E-state index in [1.54, 1.807) is 0 Å². The van der Waals surface area contributed by atoms with Crippen molar-refractivity contribution in [3.05, 3.63) is 0 Å². The summed E-state index contributed by atoms with van der Waals surface area (Å²) in [6.45, 7) is 5.36. The van der Waals surface area contributed by atoms with Gasteiger partial charge in [0.25, 0.3) is 0 Å². The molecule has 0 aromatic heterocycles. The van der Waals surface area contributed by atoms with Gasteiger partial charge in [-0.2, -0.15) is 0 Å². The van der Waals surface area contributed by atoms with E-state index in [2.05, 4.69) is 11.8 Å². The van der Waals surface area contributed by atoms with E-state index in [1.807, 2.05) is 0 Å². The summed E-state index contributed by atoms with van der Waals surface area (Å²) in [5.74, 6) is 0. The molecule has 1 heterocycles. The Morgan fingerprint density at radius 2 is 2.33 bits per heavy atom. The maximum absolute atomic E-state index is 5.79. The van der Waals surface area contributed by atoms with Crippen LogP contribution < -0.4 is 5.73 Å². The third-order valence-electron chi connectivity index (χ3n) is 3.70. The Morgan fingerprint density at radius 3 is 3.13 bits per heavy atom. The van der Waals surface area contributed by atoms with Crippen LogP contribution in [0.15, 0.2) is 0 Å². The normalized spacial score (nSPS) is 34.0. The van der Waals surface area contributed by atoms with Crippen LogP contribution in [0.4, 0.5) is 0 Å². The van der Waals surface area contributed by atoms with Gasteiger partial charge in [-0.1, -0.05) is 0 Å². The molecule has 2 aliphatic rings. The molecule has 0 spiro atoms. The van der Waals surface area contributed by atoms with Crippen LogP contribution in [0.5, 0.6) is 0 Å². The molecule has 0 aromatic rings. The summed E-state index contributed by atoms with van der Waals surface area (Å²) in [4.78, 5) is 2.63. The van der Waals surface area contributed by atoms with Crippen LogP contribution in [-0.4, -0.2) is 42.8 Å². The largest absolute Gasteiger partial charge is 0.375 e. The van der Waals surface area contributed by atoms with Crippen molar-refractivity contribution < 1.29 is 4.74 Å². The lowest BCUT2D eigenvalue weighted by atomic mass is 10.1. The monoisotopic (exact) mass is 212 g/mol. The number of hydrogen-bond donors (Lipinski definition) is 1. The Balaban J connectivity index is 1.75. The molecule has 3 nitrogen and oxygen atoms in total. The molecule has 3 atom stereocenters. The van der Waals surface area contributed by atoms with E-state index < -0.39 is 0 Å². The summed E-state index contributed by atoms with van der Waals surface area (Å²) in [6, 6.07) is 1.07. The highest BCUT2D eigenvalue weighted by Crippen LogP contribution is 2.29. The molecule has 2 rings (SSSR count). The van der Waals surface area contributed by atoms with Crippen LogP contribution >= 0.6 is 0 Å². The fraction of sp³-hybridized carbons (Fsp3) is 1.00. The van der Waals surface area contributed by atoms with Crippen molar-refractivity contribution in [1.82, 2.24) is 4.90 Å². The first-order valence-electron chi connectivity index (χ1n) is 6.38. The molecule has 3 heteroatoms. The van der Waals surface area contributed by atoms with Gasteiger partial charge in [0.2, 0.25) is 0 Å². The van der Waals surface area contributed by atoms with Crippen molar-refractivity contribution in [3.8, 4) is 0 Å². The average molecular weight is 212 g/mol. The number of ether oxygens (including phenoxy) is 1. The first-order chi connectivity index (χ1) is 7.27. The second-order valence-corrected chi connectivity index (χ2v) is 5.06. The van der Waals surface area contributed by atoms with Crippen LogP contribution in [0.1, 0.15) is 39.0 Å². The van der Waals surface area contributed by atoms with Crippen LogP contribution in [0.3, 0.4) is 0 Å². The van der Waals surface area contributed by atoms with Crippen molar-refractivity contribution in [3.63, 3.8) is 0 Å². The SMILES string of the molecule is CC(N)CCCN1CCOC2CCCC21. The van der Waals surface area contributed by atoms with Crippen molar-refractivity contribution in [2.24, 2.45) is 5.73 Å². The Kier molecular flexibility index (Phi) is 4.00. The van der Waals surface area contributed by atoms with Gasteiger partial charge in [0.15, 0.2) is 0 Å². The predicted molar refractivity (Wildman–Crippen MR) is 61.8 cm³/mol. The van der Waals surface area contributed by atoms with Gasteiger partial charge in [-0.05, 0) is 45.6 Å². The molecule has 0 aromatic carbocycles. The summed E-state index contributed by atoms with van der Waals surface area (Å²) in [7, 11) is 0. The number of morpholine rings is 1. The molecule has 1 aliphatic heterocycles. The zero-order valence-electron chi connectivity index (χ0n) is 9.82. The lowest BCUT2D eigenvalue weighted by Crippen LogP contribution is -2.48. The van der Waals surface area contributed by atoms with Gasteiger partial charge in [0, 0.05) is 18.6 Å². The number of nitrogens with zero attached hydrogens (tertiary/aromatic N) is 1. The number of hydrogen-bond acceptors (Lipinski definition) is 3. The summed E-state index contributed by atoms with van der Waals surface area (Å²) >= 11 is 0. The summed E-state index contributed by atoms with van der Waals surface area (Å²) in [5, 5.41) is 0. The van der Waals surface area contributed by atoms with Crippen molar-refractivity contribution in [1.29, 1.82) is 0 Å². The fourth-order valence-electron chi connectivity index (χ4n) is 2.90. The highest BCUT2D eigenvalue weighted by molar-refractivity contribution is 4.89. The molecule has 2 N–H and O–H groups in total. The van der Waals surface area contributed by atoms with Crippen LogP contribution in [0.25, 0.3) is 0 Å². The third kappa shape index (κ3) is 2.92. The van der Waals surface area contributed by atoms with E-state index in [-0.39, 0.29) is 0 Å². The van der Waals surface area contributed by atoms with E-state index in [0.717, 1.165) is 19.6 Å². The lowest BCUT2D eigenvalue weighted by molar-refractivity contribution is -0.0558. The maximum atomic E-state index is 5.79. The van der Waals surface area contributed by atoms with Crippen LogP contribution in [0, 0.1) is 0 Å². The molecule has 0 bridgehead atoms. The van der Waals surface area contributed by atoms with Gasteiger partial charge < -0.3 is 10.5 Å². The van der Waals surface area contributed by atoms with E-state index in [9.17, 15) is 0 Å². The number of nitrogens with two attached hydrogens (primary N) is 1. The number of rotatable bonds is 4. The molecule has 1 saturated carbocycles. The third-order valence-corrected chi connectivity index (χ3v) is 3.70. The Bertz CT molecular complexity index is 196. The van der Waals surface area contributed by atoms with E-state index >= 15 is 0 Å². The molecule has 0 amide bonds. The molecule has 88 valence electrons. The molecular weight excluding hydrogens is 188 g/mol. The highest BCUT2D eigenvalue weighted by atomic mass is 16.5. The second-order valence-electron chi connectivity index (χ2n) is 5.06. The summed E-state index contributed by atoms with van der Waals surface area (Å²) in [5.41, 5.74) is 5.77. The summed E-state index contributed by atoms with van der Waals surface area (Å²) < 4.78 is 5.79. The minimum atomic E-state index is 0.352. The quantitative estimate of drug-likeness (QED) is 0.765. The topological polar surface area (TPSA) is 38.5 Å². The first kappa shape index (κ1) is 11.4. The second kappa shape index (κ2) is 5.28. The zero-order valence-corrected chi connectivity index (χ0v) is 9.82. The van der Waals surface area contributed by atoms with Gasteiger partial charge in [-0.25, -0.2) is 0 Å². The van der Waals surface area contributed by atoms with E-state index in [4.69, 9.17) is 10.5 Å². The molecule has 1 saturated heterocycles. The number of fused-ring (bicyclic) bond motifs is 1. The van der Waals surface area contributed by atoms with Gasteiger partial charge in [0.05, 0.1) is 12.7 Å². The van der Waals surface area contributed by atoms with E-state index in [1.165, 1.54) is 32.2 Å². The van der Waals surface area contributed by atoms with Gasteiger partial charge in [-0.15, -0.1) is 0 Å². The Labute approximate surface area is 93.0 Å². The summed E-state index contributed by atoms with van der Waals surface area (Å²) in [6.07, 6.45) is 6.88. The van der Waals surface area contributed by atoms with Crippen LogP contribution in [0.2, 0.25) is 0 Å². The van der Waals surface area contributed by atoms with Gasteiger partial charge >= 0.3 is 0 Å². The molecule has 15 heavy (non-hydrogen) atoms. The fourth-order valence-corrected chi connectivity index (χ4v) is 2.90. The van der Waals surface area contributed by atoms with E-state index in [0.29, 0.717) is 18.2 Å². The Morgan fingerprint density at radius 1 is 1.47 bits per heavy atom. The highest BCUT2D eigenvalue weighted by Gasteiger charge is 2.35. The molecule has 2 fully saturated rings. The average Bonchev–Trinajstić information content (AvgIpc) is 2.65. The molecule has 3 unspecified atom stereocenters. The molecule has 1 aliphatic carbocycles. The minimum Gasteiger partial charge on any atom is -0.375 e. The minimum absolute atomic E-state index is 0.352. The standard InChI is InChI=1S/C12H24N2O/c1-10(13)4-3-7-14-8-9-15-12-6-2-5-11(12)14/h10-12H,2-9,13H2,1H3. The van der Waals surface area contributed by atoms with Gasteiger partial charge in [0.1, 0.15) is 0 Å². The smallest absolute Gasteiger partial charge is 0.0730 e. The molecular formula is C12H24N2O. The molecule has 0 radical (unpaired) electrons. The van der Waals surface area contributed by atoms with Crippen molar-refractivity contribution in [2.45, 2.75) is 57.2 Å². The zero-order chi connectivity index (χ0) is 10.7. The first-order valence-corrected chi connectivity index (χ1v) is 6.38. The predicted octanol–water partition coefficient (Wildman–Crippen LogP) is 1.37.